The molecule has 0 fully saturated rings. The second-order valence-electron chi connectivity index (χ2n) is 4.29. The van der Waals surface area contributed by atoms with Gasteiger partial charge in [0.05, 0.1) is 11.1 Å². The highest BCUT2D eigenvalue weighted by atomic mass is 16.6. The first-order valence-corrected chi connectivity index (χ1v) is 5.76. The first-order chi connectivity index (χ1) is 8.41. The highest BCUT2D eigenvalue weighted by molar-refractivity contribution is 5.75. The highest BCUT2D eigenvalue weighted by Crippen LogP contribution is 2.14. The molecule has 0 spiro atoms. The Kier molecular flexibility index (Phi) is 4.76. The number of rotatable bonds is 6. The smallest absolute Gasteiger partial charge is 0.288 e. The number of nitro groups is 1. The maximum Gasteiger partial charge on any atom is 0.288 e. The van der Waals surface area contributed by atoms with Crippen molar-refractivity contribution >= 4 is 11.5 Å². The van der Waals surface area contributed by atoms with Crippen LogP contribution in [0.5, 0.6) is 0 Å². The molecule has 0 atom stereocenters. The molecule has 0 amide bonds. The SMILES string of the molecule is CC(=O)CCCCn1cc([N+](=O)[O-])c(C)cc1=O. The Morgan fingerprint density at radius 3 is 2.67 bits per heavy atom. The lowest BCUT2D eigenvalue weighted by Crippen LogP contribution is -2.20. The molecule has 0 N–H and O–H groups in total. The standard InChI is InChI=1S/C12H16N2O4/c1-9-7-12(16)13(8-11(9)14(17)18)6-4-3-5-10(2)15/h7-8H,3-6H2,1-2H3. The minimum Gasteiger partial charge on any atom is -0.309 e. The van der Waals surface area contributed by atoms with Crippen molar-refractivity contribution in [3.05, 3.63) is 38.3 Å². The molecular formula is C12H16N2O4. The van der Waals surface area contributed by atoms with E-state index in [1.807, 2.05) is 0 Å². The minimum atomic E-state index is -0.499. The summed E-state index contributed by atoms with van der Waals surface area (Å²) in [6.07, 6.45) is 3.08. The Labute approximate surface area is 104 Å². The molecule has 0 aliphatic heterocycles. The van der Waals surface area contributed by atoms with Gasteiger partial charge in [-0.15, -0.1) is 0 Å². The number of unbranched alkanes of at least 4 members (excludes halogenated alkanes) is 1. The number of nitrogens with zero attached hydrogens (tertiary/aromatic N) is 2. The van der Waals surface area contributed by atoms with Crippen molar-refractivity contribution in [3.8, 4) is 0 Å². The lowest BCUT2D eigenvalue weighted by Gasteiger charge is -2.06. The van der Waals surface area contributed by atoms with Crippen LogP contribution in [-0.4, -0.2) is 15.3 Å². The van der Waals surface area contributed by atoms with E-state index < -0.39 is 4.92 Å². The molecule has 1 aromatic heterocycles. The third kappa shape index (κ3) is 3.80. The van der Waals surface area contributed by atoms with Crippen LogP contribution in [0.3, 0.4) is 0 Å². The molecule has 0 radical (unpaired) electrons. The van der Waals surface area contributed by atoms with E-state index >= 15 is 0 Å². The summed E-state index contributed by atoms with van der Waals surface area (Å²) in [5, 5.41) is 10.8. The van der Waals surface area contributed by atoms with Crippen LogP contribution in [0.2, 0.25) is 0 Å². The van der Waals surface area contributed by atoms with Crippen molar-refractivity contribution < 1.29 is 9.72 Å². The number of Topliss-reactive ketones (excluding diaryl/α,β-unsaturated/α-hetero) is 1. The maximum atomic E-state index is 11.6. The fraction of sp³-hybridized carbons (Fsp3) is 0.500. The van der Waals surface area contributed by atoms with E-state index in [9.17, 15) is 19.7 Å². The molecule has 0 saturated heterocycles. The minimum absolute atomic E-state index is 0.0545. The van der Waals surface area contributed by atoms with Gasteiger partial charge in [0, 0.05) is 24.6 Å². The van der Waals surface area contributed by atoms with Crippen LogP contribution < -0.4 is 5.56 Å². The number of aryl methyl sites for hydroxylation is 2. The van der Waals surface area contributed by atoms with E-state index in [1.54, 1.807) is 6.92 Å². The van der Waals surface area contributed by atoms with Gasteiger partial charge in [0.25, 0.3) is 11.2 Å². The van der Waals surface area contributed by atoms with E-state index in [2.05, 4.69) is 0 Å². The van der Waals surface area contributed by atoms with Crippen LogP contribution in [0.1, 0.15) is 31.7 Å². The summed E-state index contributed by atoms with van der Waals surface area (Å²) in [6.45, 7) is 3.45. The Morgan fingerprint density at radius 2 is 2.11 bits per heavy atom. The Bertz CT molecular complexity index is 519. The van der Waals surface area contributed by atoms with Crippen molar-refractivity contribution in [2.75, 3.05) is 0 Å². The van der Waals surface area contributed by atoms with E-state index in [0.29, 0.717) is 31.4 Å². The molecule has 18 heavy (non-hydrogen) atoms. The second-order valence-corrected chi connectivity index (χ2v) is 4.29. The predicted molar refractivity (Wildman–Crippen MR) is 66.6 cm³/mol. The van der Waals surface area contributed by atoms with Crippen molar-refractivity contribution in [2.45, 2.75) is 39.7 Å². The van der Waals surface area contributed by atoms with Crippen LogP contribution in [0, 0.1) is 17.0 Å². The molecule has 98 valence electrons. The molecule has 0 aliphatic rings. The zero-order valence-electron chi connectivity index (χ0n) is 10.5. The number of carbonyl (C=O) groups excluding carboxylic acids is 1. The second kappa shape index (κ2) is 6.09. The summed E-state index contributed by atoms with van der Waals surface area (Å²) in [5.74, 6) is 0.109. The quantitative estimate of drug-likeness (QED) is 0.439. The Balaban J connectivity index is 2.77. The molecule has 0 aliphatic carbocycles. The maximum absolute atomic E-state index is 11.6. The van der Waals surface area contributed by atoms with Gasteiger partial charge in [-0.05, 0) is 26.7 Å². The Hall–Kier alpha value is -1.98. The van der Waals surface area contributed by atoms with Crippen LogP contribution in [0.15, 0.2) is 17.1 Å². The van der Waals surface area contributed by atoms with Crippen molar-refractivity contribution in [1.82, 2.24) is 4.57 Å². The third-order valence-corrected chi connectivity index (χ3v) is 2.68. The van der Waals surface area contributed by atoms with Gasteiger partial charge in [0.1, 0.15) is 5.78 Å². The largest absolute Gasteiger partial charge is 0.309 e. The normalized spacial score (nSPS) is 10.3. The zero-order valence-corrected chi connectivity index (χ0v) is 10.5. The fourth-order valence-electron chi connectivity index (χ4n) is 1.68. The van der Waals surface area contributed by atoms with Crippen LogP contribution >= 0.6 is 0 Å². The molecule has 0 bridgehead atoms. The molecule has 1 heterocycles. The average Bonchev–Trinajstić information content (AvgIpc) is 2.25. The number of ketones is 1. The fourth-order valence-corrected chi connectivity index (χ4v) is 1.68. The zero-order chi connectivity index (χ0) is 13.7. The monoisotopic (exact) mass is 252 g/mol. The third-order valence-electron chi connectivity index (χ3n) is 2.68. The molecule has 0 saturated carbocycles. The van der Waals surface area contributed by atoms with Crippen LogP contribution in [0.25, 0.3) is 0 Å². The van der Waals surface area contributed by atoms with Crippen molar-refractivity contribution in [2.24, 2.45) is 0 Å². The van der Waals surface area contributed by atoms with Gasteiger partial charge in [0.2, 0.25) is 0 Å². The van der Waals surface area contributed by atoms with Gasteiger partial charge in [0.15, 0.2) is 0 Å². The van der Waals surface area contributed by atoms with E-state index in [4.69, 9.17) is 0 Å². The summed E-state index contributed by atoms with van der Waals surface area (Å²) in [6, 6.07) is 1.27. The van der Waals surface area contributed by atoms with E-state index in [0.717, 1.165) is 0 Å². The van der Waals surface area contributed by atoms with Crippen molar-refractivity contribution in [3.63, 3.8) is 0 Å². The number of aromatic nitrogens is 1. The summed E-state index contributed by atoms with van der Waals surface area (Å²) in [4.78, 5) is 32.6. The van der Waals surface area contributed by atoms with Gasteiger partial charge in [-0.25, -0.2) is 0 Å². The van der Waals surface area contributed by atoms with Crippen LogP contribution in [-0.2, 0) is 11.3 Å². The molecule has 0 unspecified atom stereocenters. The highest BCUT2D eigenvalue weighted by Gasteiger charge is 2.12. The topological polar surface area (TPSA) is 82.2 Å². The molecule has 6 heteroatoms. The van der Waals surface area contributed by atoms with Crippen LogP contribution in [0.4, 0.5) is 5.69 Å². The lowest BCUT2D eigenvalue weighted by molar-refractivity contribution is -0.385. The van der Waals surface area contributed by atoms with Gasteiger partial charge < -0.3 is 9.36 Å². The summed E-state index contributed by atoms with van der Waals surface area (Å²) in [5.41, 5.74) is 0.0621. The number of hydrogen-bond donors (Lipinski definition) is 0. The van der Waals surface area contributed by atoms with Gasteiger partial charge >= 0.3 is 0 Å². The Morgan fingerprint density at radius 1 is 1.44 bits per heavy atom. The summed E-state index contributed by atoms with van der Waals surface area (Å²) >= 11 is 0. The first kappa shape index (κ1) is 14.1. The summed E-state index contributed by atoms with van der Waals surface area (Å²) in [7, 11) is 0. The van der Waals surface area contributed by atoms with Gasteiger partial charge in [-0.2, -0.15) is 0 Å². The lowest BCUT2D eigenvalue weighted by atomic mass is 10.2. The molecule has 6 nitrogen and oxygen atoms in total. The van der Waals surface area contributed by atoms with Gasteiger partial charge in [-0.1, -0.05) is 0 Å². The van der Waals surface area contributed by atoms with E-state index in [1.165, 1.54) is 23.8 Å². The molecule has 1 rings (SSSR count). The number of carbonyl (C=O) groups is 1. The molecule has 1 aromatic rings. The molecular weight excluding hydrogens is 236 g/mol. The number of hydrogen-bond acceptors (Lipinski definition) is 4. The predicted octanol–water partition coefficient (Wildman–Crippen LogP) is 1.82. The van der Waals surface area contributed by atoms with Gasteiger partial charge in [-0.3, -0.25) is 14.9 Å². The average molecular weight is 252 g/mol. The summed E-state index contributed by atoms with van der Waals surface area (Å²) < 4.78 is 1.32. The number of pyridine rings is 1. The van der Waals surface area contributed by atoms with E-state index in [-0.39, 0.29) is 17.0 Å². The molecule has 0 aromatic carbocycles. The first-order valence-electron chi connectivity index (χ1n) is 5.76. The van der Waals surface area contributed by atoms with Crippen molar-refractivity contribution in [1.29, 1.82) is 0 Å².